The maximum atomic E-state index is 13.2. The Morgan fingerprint density at radius 3 is 1.74 bits per heavy atom. The molecular weight excluding hydrogens is 424 g/mol. The van der Waals surface area contributed by atoms with E-state index in [2.05, 4.69) is 46.5 Å². The number of nitrogens with zero attached hydrogens (tertiary/aromatic N) is 2. The Bertz CT molecular complexity index is 915. The van der Waals surface area contributed by atoms with E-state index in [0.717, 1.165) is 36.4 Å². The van der Waals surface area contributed by atoms with E-state index in [1.54, 1.807) is 23.5 Å². The fraction of sp³-hybridized carbons (Fsp3) is 0.760. The molecule has 1 aromatic heterocycles. The summed E-state index contributed by atoms with van der Waals surface area (Å²) >= 11 is 3.18. The van der Waals surface area contributed by atoms with Crippen molar-refractivity contribution in [3.63, 3.8) is 0 Å². The predicted molar refractivity (Wildman–Crippen MR) is 125 cm³/mol. The van der Waals surface area contributed by atoms with Gasteiger partial charge < -0.3 is 0 Å². The van der Waals surface area contributed by atoms with Crippen LogP contribution in [0.2, 0.25) is 0 Å². The Labute approximate surface area is 194 Å². The first-order valence-electron chi connectivity index (χ1n) is 11.6. The molecule has 0 aromatic carbocycles. The van der Waals surface area contributed by atoms with E-state index in [1.807, 2.05) is 13.0 Å². The molecule has 1 heterocycles. The van der Waals surface area contributed by atoms with Crippen LogP contribution in [-0.4, -0.2) is 32.0 Å². The Hall–Kier alpha value is -0.880. The summed E-state index contributed by atoms with van der Waals surface area (Å²) in [5, 5.41) is 1.43. The van der Waals surface area contributed by atoms with Gasteiger partial charge in [0.2, 0.25) is 0 Å². The third kappa shape index (κ3) is 2.70. The number of fused-ring (bicyclic) bond motifs is 4. The number of carbonyl (C=O) groups is 2. The third-order valence-corrected chi connectivity index (χ3v) is 13.0. The van der Waals surface area contributed by atoms with Crippen LogP contribution in [0.5, 0.6) is 0 Å². The van der Waals surface area contributed by atoms with E-state index in [1.165, 1.54) is 0 Å². The number of thioether (sulfide) groups is 2. The Kier molecular flexibility index (Phi) is 4.66. The zero-order chi connectivity index (χ0) is 22.6. The lowest BCUT2D eigenvalue weighted by Gasteiger charge is -2.37. The molecule has 168 valence electrons. The van der Waals surface area contributed by atoms with Gasteiger partial charge in [-0.1, -0.05) is 65.1 Å². The van der Waals surface area contributed by atoms with Crippen molar-refractivity contribution in [2.45, 2.75) is 94.8 Å². The molecule has 4 nitrogen and oxygen atoms in total. The van der Waals surface area contributed by atoms with Crippen LogP contribution in [0.1, 0.15) is 72.9 Å². The van der Waals surface area contributed by atoms with Gasteiger partial charge in [0, 0.05) is 17.5 Å². The number of hydrogen-bond donors (Lipinski definition) is 0. The van der Waals surface area contributed by atoms with Crippen molar-refractivity contribution in [1.29, 1.82) is 0 Å². The molecule has 1 aromatic rings. The van der Waals surface area contributed by atoms with E-state index < -0.39 is 0 Å². The van der Waals surface area contributed by atoms with Gasteiger partial charge in [0.05, 0.1) is 10.5 Å². The van der Waals surface area contributed by atoms with Gasteiger partial charge in [0.15, 0.2) is 5.16 Å². The molecule has 6 unspecified atom stereocenters. The molecule has 0 saturated heterocycles. The Balaban J connectivity index is 1.42. The van der Waals surface area contributed by atoms with E-state index in [9.17, 15) is 9.59 Å². The number of ketones is 2. The van der Waals surface area contributed by atoms with Crippen molar-refractivity contribution in [2.75, 3.05) is 0 Å². The lowest BCUT2D eigenvalue weighted by molar-refractivity contribution is -0.123. The smallest absolute Gasteiger partial charge is 0.189 e. The minimum atomic E-state index is -0.0820. The average molecular weight is 459 g/mol. The van der Waals surface area contributed by atoms with Crippen LogP contribution in [0.15, 0.2) is 16.2 Å². The van der Waals surface area contributed by atoms with Crippen LogP contribution in [0.25, 0.3) is 0 Å². The summed E-state index contributed by atoms with van der Waals surface area (Å²) in [5.74, 6) is 1.09. The number of Topliss-reactive ketones (excluding diaryl/α,β-unsaturated/α-hetero) is 2. The van der Waals surface area contributed by atoms with E-state index >= 15 is 0 Å². The van der Waals surface area contributed by atoms with Crippen molar-refractivity contribution >= 4 is 35.1 Å². The van der Waals surface area contributed by atoms with Crippen LogP contribution >= 0.6 is 23.5 Å². The fourth-order valence-corrected chi connectivity index (χ4v) is 10.4. The summed E-state index contributed by atoms with van der Waals surface area (Å²) in [6, 6.07) is 2.00. The monoisotopic (exact) mass is 458 g/mol. The summed E-state index contributed by atoms with van der Waals surface area (Å²) in [6.07, 6.45) is 4.22. The standard InChI is InChI=1S/C25H34N2O2S2/c1-13-12-16(30-19-17(28)14-8-10-24(19,6)22(14,2)3)27-21(26-13)31-20-18(29)15-9-11-25(20,7)23(15,4)5/h12,14-15,19-20H,8-11H2,1-7H3. The van der Waals surface area contributed by atoms with Gasteiger partial charge in [0.25, 0.3) is 0 Å². The largest absolute Gasteiger partial charge is 0.298 e. The van der Waals surface area contributed by atoms with Gasteiger partial charge in [-0.05, 0) is 60.3 Å². The van der Waals surface area contributed by atoms with Gasteiger partial charge in [0.1, 0.15) is 16.6 Å². The minimum absolute atomic E-state index is 0.00362. The van der Waals surface area contributed by atoms with Gasteiger partial charge in [-0.15, -0.1) is 0 Å². The van der Waals surface area contributed by atoms with Crippen LogP contribution in [0.3, 0.4) is 0 Å². The van der Waals surface area contributed by atoms with E-state index in [-0.39, 0.29) is 44.0 Å². The fourth-order valence-electron chi connectivity index (χ4n) is 7.21. The van der Waals surface area contributed by atoms with E-state index in [0.29, 0.717) is 16.7 Å². The SMILES string of the molecule is Cc1cc(SC2C(=O)C3CCC2(C)C3(C)C)nc(SC2C(=O)C3CCC2(C)C3(C)C)n1. The maximum absolute atomic E-state index is 13.2. The highest BCUT2D eigenvalue weighted by molar-refractivity contribution is 8.01. The Morgan fingerprint density at radius 2 is 1.29 bits per heavy atom. The molecule has 6 heteroatoms. The molecule has 6 atom stereocenters. The summed E-state index contributed by atoms with van der Waals surface area (Å²) in [7, 11) is 0. The van der Waals surface area contributed by atoms with Gasteiger partial charge >= 0.3 is 0 Å². The highest BCUT2D eigenvalue weighted by atomic mass is 32.2. The van der Waals surface area contributed by atoms with Gasteiger partial charge in [-0.2, -0.15) is 0 Å². The molecule has 0 radical (unpaired) electrons. The highest BCUT2D eigenvalue weighted by Crippen LogP contribution is 2.68. The molecular formula is C25H34N2O2S2. The zero-order valence-corrected chi connectivity index (χ0v) is 21.4. The molecule has 31 heavy (non-hydrogen) atoms. The summed E-state index contributed by atoms with van der Waals surface area (Å²) in [6.45, 7) is 15.6. The van der Waals surface area contributed by atoms with Crippen molar-refractivity contribution < 1.29 is 9.59 Å². The molecule has 4 saturated carbocycles. The first-order valence-corrected chi connectivity index (χ1v) is 13.4. The lowest BCUT2D eigenvalue weighted by atomic mass is 9.71. The molecule has 0 N–H and O–H groups in total. The molecule has 4 aliphatic rings. The van der Waals surface area contributed by atoms with Crippen molar-refractivity contribution in [3.8, 4) is 0 Å². The lowest BCUT2D eigenvalue weighted by Crippen LogP contribution is -2.36. The summed E-state index contributed by atoms with van der Waals surface area (Å²) < 4.78 is 0. The molecule has 0 aliphatic heterocycles. The normalized spacial score (nSPS) is 42.0. The van der Waals surface area contributed by atoms with Crippen LogP contribution < -0.4 is 0 Å². The number of aryl methyl sites for hydroxylation is 1. The second kappa shape index (κ2) is 6.59. The van der Waals surface area contributed by atoms with E-state index in [4.69, 9.17) is 4.98 Å². The van der Waals surface area contributed by atoms with Crippen LogP contribution in [0, 0.1) is 40.4 Å². The molecule has 5 rings (SSSR count). The number of hydrogen-bond acceptors (Lipinski definition) is 6. The third-order valence-electron chi connectivity index (χ3n) is 10.2. The van der Waals surface area contributed by atoms with Crippen LogP contribution in [0.4, 0.5) is 0 Å². The second-order valence-electron chi connectivity index (χ2n) is 11.9. The maximum Gasteiger partial charge on any atom is 0.189 e. The van der Waals surface area contributed by atoms with Crippen molar-refractivity contribution in [2.24, 2.45) is 33.5 Å². The predicted octanol–water partition coefficient (Wildman–Crippen LogP) is 5.76. The van der Waals surface area contributed by atoms with Crippen molar-refractivity contribution in [1.82, 2.24) is 9.97 Å². The molecule has 4 fully saturated rings. The second-order valence-corrected chi connectivity index (χ2v) is 14.1. The number of rotatable bonds is 4. The number of carbonyl (C=O) groups excluding carboxylic acids is 2. The molecule has 0 amide bonds. The molecule has 4 bridgehead atoms. The minimum Gasteiger partial charge on any atom is -0.298 e. The molecule has 0 spiro atoms. The first-order chi connectivity index (χ1) is 14.3. The number of aromatic nitrogens is 2. The first kappa shape index (κ1) is 21.9. The quantitative estimate of drug-likeness (QED) is 0.422. The van der Waals surface area contributed by atoms with Gasteiger partial charge in [-0.3, -0.25) is 9.59 Å². The van der Waals surface area contributed by atoms with Crippen LogP contribution in [-0.2, 0) is 9.59 Å². The average Bonchev–Trinajstić information content (AvgIpc) is 3.14. The van der Waals surface area contributed by atoms with Crippen molar-refractivity contribution in [3.05, 3.63) is 11.8 Å². The highest BCUT2D eigenvalue weighted by Gasteiger charge is 2.67. The summed E-state index contributed by atoms with van der Waals surface area (Å²) in [4.78, 5) is 35.9. The molecule has 4 aliphatic carbocycles. The summed E-state index contributed by atoms with van der Waals surface area (Å²) in [5.41, 5.74) is 0.956. The zero-order valence-electron chi connectivity index (χ0n) is 19.7. The Morgan fingerprint density at radius 1 is 0.806 bits per heavy atom. The van der Waals surface area contributed by atoms with Gasteiger partial charge in [-0.25, -0.2) is 9.97 Å². The topological polar surface area (TPSA) is 59.9 Å².